The summed E-state index contributed by atoms with van der Waals surface area (Å²) in [5, 5.41) is 3.84. The molecule has 0 radical (unpaired) electrons. The first-order chi connectivity index (χ1) is 7.00. The van der Waals surface area contributed by atoms with E-state index >= 15 is 0 Å². The molecule has 84 valence electrons. The van der Waals surface area contributed by atoms with Gasteiger partial charge in [-0.05, 0) is 27.2 Å². The van der Waals surface area contributed by atoms with Crippen LogP contribution in [0, 0.1) is 13.8 Å². The summed E-state index contributed by atoms with van der Waals surface area (Å²) in [5.74, 6) is -0.0459. The van der Waals surface area contributed by atoms with Crippen LogP contribution in [0.5, 0.6) is 0 Å². The number of aryl methyl sites for hydroxylation is 2. The second kappa shape index (κ2) is 5.47. The van der Waals surface area contributed by atoms with Gasteiger partial charge in [-0.3, -0.25) is 4.79 Å². The standard InChI is InChI=1S/C10H15ClN2OS/c1-6(11)4-5-12-10(14)9-7(2)13-8(3)15-9/h6H,4-5H2,1-3H3,(H,12,14). The first-order valence-corrected chi connectivity index (χ1v) is 6.12. The summed E-state index contributed by atoms with van der Waals surface area (Å²) >= 11 is 7.21. The summed E-state index contributed by atoms with van der Waals surface area (Å²) in [6, 6.07) is 0. The second-order valence-electron chi connectivity index (χ2n) is 3.47. The van der Waals surface area contributed by atoms with E-state index in [0.717, 1.165) is 17.1 Å². The number of hydrogen-bond donors (Lipinski definition) is 1. The molecule has 1 unspecified atom stereocenters. The summed E-state index contributed by atoms with van der Waals surface area (Å²) in [4.78, 5) is 16.6. The van der Waals surface area contributed by atoms with Crippen LogP contribution in [0.4, 0.5) is 0 Å². The number of aromatic nitrogens is 1. The lowest BCUT2D eigenvalue weighted by Crippen LogP contribution is -2.25. The van der Waals surface area contributed by atoms with E-state index < -0.39 is 0 Å². The lowest BCUT2D eigenvalue weighted by molar-refractivity contribution is 0.0956. The first-order valence-electron chi connectivity index (χ1n) is 4.87. The number of carbonyl (C=O) groups is 1. The summed E-state index contributed by atoms with van der Waals surface area (Å²) in [7, 11) is 0. The van der Waals surface area contributed by atoms with E-state index in [1.807, 2.05) is 20.8 Å². The average molecular weight is 247 g/mol. The van der Waals surface area contributed by atoms with Gasteiger partial charge in [0.25, 0.3) is 5.91 Å². The molecule has 1 heterocycles. The van der Waals surface area contributed by atoms with Gasteiger partial charge in [0.1, 0.15) is 4.88 Å². The molecule has 1 aromatic heterocycles. The topological polar surface area (TPSA) is 42.0 Å². The van der Waals surface area contributed by atoms with Gasteiger partial charge in [0.2, 0.25) is 0 Å². The van der Waals surface area contributed by atoms with Crippen LogP contribution in [0.2, 0.25) is 0 Å². The minimum atomic E-state index is -0.0459. The molecule has 0 aliphatic heterocycles. The lowest BCUT2D eigenvalue weighted by atomic mass is 10.3. The van der Waals surface area contributed by atoms with E-state index in [2.05, 4.69) is 10.3 Å². The molecule has 1 N–H and O–H groups in total. The quantitative estimate of drug-likeness (QED) is 0.830. The highest BCUT2D eigenvalue weighted by molar-refractivity contribution is 7.13. The smallest absolute Gasteiger partial charge is 0.263 e. The van der Waals surface area contributed by atoms with E-state index in [1.165, 1.54) is 11.3 Å². The maximum atomic E-state index is 11.7. The molecular weight excluding hydrogens is 232 g/mol. The normalized spacial score (nSPS) is 12.5. The number of nitrogens with one attached hydrogen (secondary N) is 1. The van der Waals surface area contributed by atoms with Gasteiger partial charge in [-0.25, -0.2) is 4.98 Å². The zero-order valence-corrected chi connectivity index (χ0v) is 10.7. The summed E-state index contributed by atoms with van der Waals surface area (Å²) in [6.45, 7) is 6.27. The maximum Gasteiger partial charge on any atom is 0.263 e. The Morgan fingerprint density at radius 3 is 2.73 bits per heavy atom. The van der Waals surface area contributed by atoms with Gasteiger partial charge in [-0.1, -0.05) is 0 Å². The predicted octanol–water partition coefficient (Wildman–Crippen LogP) is 2.51. The average Bonchev–Trinajstić information content (AvgIpc) is 2.44. The van der Waals surface area contributed by atoms with E-state index in [1.54, 1.807) is 0 Å². The van der Waals surface area contributed by atoms with Crippen LogP contribution in [0.1, 0.15) is 33.7 Å². The van der Waals surface area contributed by atoms with Crippen LogP contribution in [0.15, 0.2) is 0 Å². The highest BCUT2D eigenvalue weighted by Crippen LogP contribution is 2.16. The highest BCUT2D eigenvalue weighted by atomic mass is 35.5. The molecule has 0 aliphatic carbocycles. The Hall–Kier alpha value is -0.610. The van der Waals surface area contributed by atoms with Crippen LogP contribution in [-0.2, 0) is 0 Å². The molecule has 5 heteroatoms. The Balaban J connectivity index is 2.50. The molecule has 1 aromatic rings. The van der Waals surface area contributed by atoms with Gasteiger partial charge in [0, 0.05) is 11.9 Å². The maximum absolute atomic E-state index is 11.7. The highest BCUT2D eigenvalue weighted by Gasteiger charge is 2.12. The summed E-state index contributed by atoms with van der Waals surface area (Å²) in [5.41, 5.74) is 0.800. The van der Waals surface area contributed by atoms with Crippen molar-refractivity contribution in [1.29, 1.82) is 0 Å². The predicted molar refractivity (Wildman–Crippen MR) is 63.9 cm³/mol. The Morgan fingerprint density at radius 1 is 1.60 bits per heavy atom. The fourth-order valence-corrected chi connectivity index (χ4v) is 2.15. The number of halogens is 1. The second-order valence-corrected chi connectivity index (χ2v) is 5.42. The first kappa shape index (κ1) is 12.5. The SMILES string of the molecule is Cc1nc(C)c(C(=O)NCCC(C)Cl)s1. The molecule has 0 saturated heterocycles. The lowest BCUT2D eigenvalue weighted by Gasteiger charge is -2.04. The van der Waals surface area contributed by atoms with Crippen molar-refractivity contribution in [3.8, 4) is 0 Å². The molecule has 0 aliphatic rings. The summed E-state index contributed by atoms with van der Waals surface area (Å²) < 4.78 is 0. The Morgan fingerprint density at radius 2 is 2.27 bits per heavy atom. The molecule has 1 atom stereocenters. The molecular formula is C10H15ClN2OS. The van der Waals surface area contributed by atoms with Gasteiger partial charge in [-0.15, -0.1) is 22.9 Å². The molecule has 0 spiro atoms. The zero-order valence-electron chi connectivity index (χ0n) is 9.13. The van der Waals surface area contributed by atoms with E-state index in [4.69, 9.17) is 11.6 Å². The van der Waals surface area contributed by atoms with Crippen LogP contribution >= 0.6 is 22.9 Å². The molecule has 0 bridgehead atoms. The molecule has 1 amide bonds. The third kappa shape index (κ3) is 3.80. The Bertz CT molecular complexity index is 349. The van der Waals surface area contributed by atoms with Gasteiger partial charge in [0.05, 0.1) is 10.7 Å². The van der Waals surface area contributed by atoms with Crippen molar-refractivity contribution in [2.75, 3.05) is 6.54 Å². The minimum Gasteiger partial charge on any atom is -0.351 e. The van der Waals surface area contributed by atoms with Gasteiger partial charge < -0.3 is 5.32 Å². The third-order valence-electron chi connectivity index (χ3n) is 1.94. The minimum absolute atomic E-state index is 0.0459. The fourth-order valence-electron chi connectivity index (χ4n) is 1.21. The summed E-state index contributed by atoms with van der Waals surface area (Å²) in [6.07, 6.45) is 0.782. The molecule has 1 rings (SSSR count). The van der Waals surface area contributed by atoms with E-state index in [0.29, 0.717) is 11.4 Å². The van der Waals surface area contributed by atoms with Crippen molar-refractivity contribution >= 4 is 28.8 Å². The number of alkyl halides is 1. The molecule has 0 saturated carbocycles. The fraction of sp³-hybridized carbons (Fsp3) is 0.600. The monoisotopic (exact) mass is 246 g/mol. The number of amides is 1. The van der Waals surface area contributed by atoms with Gasteiger partial charge in [0.15, 0.2) is 0 Å². The van der Waals surface area contributed by atoms with Crippen molar-refractivity contribution in [1.82, 2.24) is 10.3 Å². The Labute approximate surface area is 98.9 Å². The van der Waals surface area contributed by atoms with Crippen LogP contribution in [0.3, 0.4) is 0 Å². The number of carbonyl (C=O) groups excluding carboxylic acids is 1. The number of rotatable bonds is 4. The Kier molecular flexibility index (Phi) is 4.54. The number of hydrogen-bond acceptors (Lipinski definition) is 3. The van der Waals surface area contributed by atoms with Gasteiger partial charge in [-0.2, -0.15) is 0 Å². The molecule has 3 nitrogen and oxygen atoms in total. The molecule has 15 heavy (non-hydrogen) atoms. The van der Waals surface area contributed by atoms with Crippen LogP contribution in [0.25, 0.3) is 0 Å². The van der Waals surface area contributed by atoms with Crippen LogP contribution in [-0.4, -0.2) is 22.8 Å². The number of thiazole rings is 1. The van der Waals surface area contributed by atoms with E-state index in [-0.39, 0.29) is 11.3 Å². The van der Waals surface area contributed by atoms with Crippen molar-refractivity contribution in [2.45, 2.75) is 32.6 Å². The van der Waals surface area contributed by atoms with E-state index in [9.17, 15) is 4.79 Å². The van der Waals surface area contributed by atoms with Crippen molar-refractivity contribution in [3.05, 3.63) is 15.6 Å². The van der Waals surface area contributed by atoms with Crippen molar-refractivity contribution in [2.24, 2.45) is 0 Å². The van der Waals surface area contributed by atoms with Crippen molar-refractivity contribution in [3.63, 3.8) is 0 Å². The largest absolute Gasteiger partial charge is 0.351 e. The zero-order chi connectivity index (χ0) is 11.4. The van der Waals surface area contributed by atoms with Crippen molar-refractivity contribution < 1.29 is 4.79 Å². The molecule has 0 fully saturated rings. The van der Waals surface area contributed by atoms with Crippen LogP contribution < -0.4 is 5.32 Å². The number of nitrogens with zero attached hydrogens (tertiary/aromatic N) is 1. The third-order valence-corrected chi connectivity index (χ3v) is 3.23. The van der Waals surface area contributed by atoms with Gasteiger partial charge >= 0.3 is 0 Å². The molecule has 0 aromatic carbocycles.